The fourth-order valence-corrected chi connectivity index (χ4v) is 1.53. The summed E-state index contributed by atoms with van der Waals surface area (Å²) in [5.74, 6) is 1.32. The van der Waals surface area contributed by atoms with E-state index in [4.69, 9.17) is 9.47 Å². The van der Waals surface area contributed by atoms with Gasteiger partial charge in [-0.05, 0) is 20.3 Å². The summed E-state index contributed by atoms with van der Waals surface area (Å²) in [6, 6.07) is 0. The Labute approximate surface area is 107 Å². The molecule has 0 saturated heterocycles. The second-order valence-electron chi connectivity index (χ2n) is 3.91. The third-order valence-corrected chi connectivity index (χ3v) is 2.45. The second kappa shape index (κ2) is 7.84. The highest BCUT2D eigenvalue weighted by atomic mass is 16.5. The highest BCUT2D eigenvalue weighted by molar-refractivity contribution is 5.47. The van der Waals surface area contributed by atoms with Gasteiger partial charge >= 0.3 is 0 Å². The number of rotatable bonds is 8. The molecule has 6 nitrogen and oxygen atoms in total. The van der Waals surface area contributed by atoms with Gasteiger partial charge in [0.05, 0.1) is 24.9 Å². The number of aliphatic hydroxyl groups is 1. The van der Waals surface area contributed by atoms with Gasteiger partial charge in [-0.15, -0.1) is 0 Å². The van der Waals surface area contributed by atoms with Crippen LogP contribution in [0.3, 0.4) is 0 Å². The van der Waals surface area contributed by atoms with Crippen molar-refractivity contribution in [1.82, 2.24) is 9.97 Å². The topological polar surface area (TPSA) is 76.5 Å². The standard InChI is InChI=1S/C12H21N3O3/c1-4-18-12-9(2)11(14-8-15-12)13-6-5-10(16)7-17-3/h8,10,16H,4-7H2,1-3H3,(H,13,14,15). The van der Waals surface area contributed by atoms with E-state index in [9.17, 15) is 5.11 Å². The van der Waals surface area contributed by atoms with Crippen molar-refractivity contribution in [1.29, 1.82) is 0 Å². The molecule has 2 N–H and O–H groups in total. The van der Waals surface area contributed by atoms with E-state index >= 15 is 0 Å². The zero-order chi connectivity index (χ0) is 13.4. The Hall–Kier alpha value is -1.40. The van der Waals surface area contributed by atoms with Crippen LogP contribution in [0, 0.1) is 6.92 Å². The first-order chi connectivity index (χ1) is 8.69. The first kappa shape index (κ1) is 14.7. The lowest BCUT2D eigenvalue weighted by atomic mass is 10.2. The van der Waals surface area contributed by atoms with E-state index in [0.29, 0.717) is 32.1 Å². The Balaban J connectivity index is 2.49. The van der Waals surface area contributed by atoms with Gasteiger partial charge in [0.1, 0.15) is 12.1 Å². The summed E-state index contributed by atoms with van der Waals surface area (Å²) in [6.45, 7) is 5.35. The molecule has 0 spiro atoms. The summed E-state index contributed by atoms with van der Waals surface area (Å²) in [7, 11) is 1.57. The van der Waals surface area contributed by atoms with Crippen molar-refractivity contribution in [2.75, 3.05) is 32.2 Å². The van der Waals surface area contributed by atoms with Crippen LogP contribution in [-0.4, -0.2) is 48.0 Å². The molecule has 0 fully saturated rings. The first-order valence-corrected chi connectivity index (χ1v) is 6.04. The highest BCUT2D eigenvalue weighted by Crippen LogP contribution is 2.20. The third kappa shape index (κ3) is 4.46. The van der Waals surface area contributed by atoms with Gasteiger partial charge in [0.2, 0.25) is 5.88 Å². The summed E-state index contributed by atoms with van der Waals surface area (Å²) in [5.41, 5.74) is 0.876. The normalized spacial score (nSPS) is 12.2. The van der Waals surface area contributed by atoms with Crippen LogP contribution in [0.1, 0.15) is 18.9 Å². The van der Waals surface area contributed by atoms with Gasteiger partial charge in [-0.2, -0.15) is 0 Å². The number of aromatic nitrogens is 2. The van der Waals surface area contributed by atoms with E-state index in [1.165, 1.54) is 6.33 Å². The number of anilines is 1. The third-order valence-electron chi connectivity index (χ3n) is 2.45. The zero-order valence-electron chi connectivity index (χ0n) is 11.1. The van der Waals surface area contributed by atoms with Crippen LogP contribution in [0.15, 0.2) is 6.33 Å². The van der Waals surface area contributed by atoms with Crippen molar-refractivity contribution in [2.45, 2.75) is 26.4 Å². The molecule has 1 aromatic rings. The summed E-state index contributed by atoms with van der Waals surface area (Å²) in [5, 5.41) is 12.7. The molecule has 0 aromatic carbocycles. The van der Waals surface area contributed by atoms with Crippen LogP contribution in [0.25, 0.3) is 0 Å². The van der Waals surface area contributed by atoms with E-state index < -0.39 is 6.10 Å². The molecule has 0 aliphatic carbocycles. The Morgan fingerprint density at radius 2 is 2.22 bits per heavy atom. The monoisotopic (exact) mass is 255 g/mol. The number of nitrogens with zero attached hydrogens (tertiary/aromatic N) is 2. The summed E-state index contributed by atoms with van der Waals surface area (Å²) in [4.78, 5) is 8.21. The molecule has 0 bridgehead atoms. The van der Waals surface area contributed by atoms with Gasteiger partial charge in [0.15, 0.2) is 0 Å². The van der Waals surface area contributed by atoms with Crippen molar-refractivity contribution in [3.8, 4) is 5.88 Å². The fourth-order valence-electron chi connectivity index (χ4n) is 1.53. The van der Waals surface area contributed by atoms with Gasteiger partial charge in [0, 0.05) is 13.7 Å². The van der Waals surface area contributed by atoms with Gasteiger partial charge in [-0.1, -0.05) is 0 Å². The number of methoxy groups -OCH3 is 1. The maximum absolute atomic E-state index is 9.51. The van der Waals surface area contributed by atoms with Crippen LogP contribution in [0.5, 0.6) is 5.88 Å². The Kier molecular flexibility index (Phi) is 6.38. The number of hydrogen-bond acceptors (Lipinski definition) is 6. The Morgan fingerprint density at radius 1 is 1.44 bits per heavy atom. The fraction of sp³-hybridized carbons (Fsp3) is 0.667. The van der Waals surface area contributed by atoms with E-state index in [2.05, 4.69) is 15.3 Å². The molecular weight excluding hydrogens is 234 g/mol. The van der Waals surface area contributed by atoms with Gasteiger partial charge < -0.3 is 19.9 Å². The Morgan fingerprint density at radius 3 is 2.89 bits per heavy atom. The zero-order valence-corrected chi connectivity index (χ0v) is 11.1. The lowest BCUT2D eigenvalue weighted by molar-refractivity contribution is 0.0615. The maximum Gasteiger partial charge on any atom is 0.221 e. The highest BCUT2D eigenvalue weighted by Gasteiger charge is 2.08. The summed E-state index contributed by atoms with van der Waals surface area (Å²) >= 11 is 0. The average molecular weight is 255 g/mol. The van der Waals surface area contributed by atoms with Gasteiger partial charge in [-0.25, -0.2) is 9.97 Å². The van der Waals surface area contributed by atoms with Crippen LogP contribution in [0.4, 0.5) is 5.82 Å². The lowest BCUT2D eigenvalue weighted by Crippen LogP contribution is -2.19. The van der Waals surface area contributed by atoms with E-state index in [1.54, 1.807) is 7.11 Å². The number of hydrogen-bond donors (Lipinski definition) is 2. The molecule has 18 heavy (non-hydrogen) atoms. The molecule has 1 heterocycles. The maximum atomic E-state index is 9.51. The molecule has 102 valence electrons. The van der Waals surface area contributed by atoms with Crippen LogP contribution < -0.4 is 10.1 Å². The molecule has 0 radical (unpaired) electrons. The van der Waals surface area contributed by atoms with Crippen LogP contribution >= 0.6 is 0 Å². The quantitative estimate of drug-likeness (QED) is 0.721. The Bertz CT molecular complexity index is 360. The molecule has 1 atom stereocenters. The van der Waals surface area contributed by atoms with Gasteiger partial charge in [0.25, 0.3) is 0 Å². The van der Waals surface area contributed by atoms with E-state index in [1.807, 2.05) is 13.8 Å². The molecule has 1 aromatic heterocycles. The SMILES string of the molecule is CCOc1ncnc(NCCC(O)COC)c1C. The minimum atomic E-state index is -0.462. The first-order valence-electron chi connectivity index (χ1n) is 6.04. The number of aliphatic hydroxyl groups excluding tert-OH is 1. The molecule has 0 amide bonds. The molecule has 1 unspecified atom stereocenters. The van der Waals surface area contributed by atoms with Crippen molar-refractivity contribution in [3.05, 3.63) is 11.9 Å². The smallest absolute Gasteiger partial charge is 0.221 e. The predicted molar refractivity (Wildman–Crippen MR) is 68.9 cm³/mol. The second-order valence-corrected chi connectivity index (χ2v) is 3.91. The largest absolute Gasteiger partial charge is 0.478 e. The minimum absolute atomic E-state index is 0.342. The molecular formula is C12H21N3O3. The predicted octanol–water partition coefficient (Wildman–Crippen LogP) is 0.993. The van der Waals surface area contributed by atoms with Crippen molar-refractivity contribution in [2.24, 2.45) is 0 Å². The van der Waals surface area contributed by atoms with E-state index in [-0.39, 0.29) is 0 Å². The van der Waals surface area contributed by atoms with Crippen molar-refractivity contribution >= 4 is 5.82 Å². The summed E-state index contributed by atoms with van der Waals surface area (Å²) in [6.07, 6.45) is 1.60. The average Bonchev–Trinajstić information content (AvgIpc) is 2.34. The van der Waals surface area contributed by atoms with Crippen LogP contribution in [0.2, 0.25) is 0 Å². The molecule has 0 saturated carbocycles. The van der Waals surface area contributed by atoms with Crippen LogP contribution in [-0.2, 0) is 4.74 Å². The molecule has 0 aliphatic rings. The lowest BCUT2D eigenvalue weighted by Gasteiger charge is -2.13. The van der Waals surface area contributed by atoms with Crippen molar-refractivity contribution < 1.29 is 14.6 Å². The molecule has 0 aliphatic heterocycles. The number of ether oxygens (including phenoxy) is 2. The van der Waals surface area contributed by atoms with Gasteiger partial charge in [-0.3, -0.25) is 0 Å². The van der Waals surface area contributed by atoms with Crippen molar-refractivity contribution in [3.63, 3.8) is 0 Å². The molecule has 6 heteroatoms. The number of nitrogens with one attached hydrogen (secondary N) is 1. The summed E-state index contributed by atoms with van der Waals surface area (Å²) < 4.78 is 10.2. The van der Waals surface area contributed by atoms with E-state index in [0.717, 1.165) is 11.4 Å². The molecule has 1 rings (SSSR count). The minimum Gasteiger partial charge on any atom is -0.478 e.